The normalized spacial score (nSPS) is 12.8. The van der Waals surface area contributed by atoms with Crippen LogP contribution in [0.1, 0.15) is 11.6 Å². The van der Waals surface area contributed by atoms with E-state index < -0.39 is 30.0 Å². The molecule has 0 aliphatic heterocycles. The highest BCUT2D eigenvalue weighted by molar-refractivity contribution is 5.43. The van der Waals surface area contributed by atoms with Gasteiger partial charge >= 0.3 is 0 Å². The van der Waals surface area contributed by atoms with Gasteiger partial charge in [0.2, 0.25) is 0 Å². The first-order valence-corrected chi connectivity index (χ1v) is 3.64. The van der Waals surface area contributed by atoms with Crippen molar-refractivity contribution < 1.29 is 19.7 Å². The molecule has 5 N–H and O–H groups in total. The van der Waals surface area contributed by atoms with Crippen LogP contribution in [0.5, 0.6) is 11.5 Å². The molecule has 0 aromatic heterocycles. The first kappa shape index (κ1) is 9.76. The Morgan fingerprint density at radius 3 is 2.54 bits per heavy atom. The maximum atomic E-state index is 13.1. The second-order valence-corrected chi connectivity index (χ2v) is 2.63. The van der Waals surface area contributed by atoms with Crippen molar-refractivity contribution in [3.05, 3.63) is 23.5 Å². The Labute approximate surface area is 74.0 Å². The zero-order valence-electron chi connectivity index (χ0n) is 6.74. The third-order valence-corrected chi connectivity index (χ3v) is 1.72. The molecule has 0 aliphatic rings. The van der Waals surface area contributed by atoms with Crippen LogP contribution in [0.15, 0.2) is 12.1 Å². The van der Waals surface area contributed by atoms with Gasteiger partial charge in [-0.25, -0.2) is 4.39 Å². The molecule has 0 spiro atoms. The van der Waals surface area contributed by atoms with Crippen LogP contribution in [-0.4, -0.2) is 21.9 Å². The molecule has 0 radical (unpaired) electrons. The second-order valence-electron chi connectivity index (χ2n) is 2.63. The third kappa shape index (κ3) is 1.71. The number of aliphatic hydroxyl groups excluding tert-OH is 1. The lowest BCUT2D eigenvalue weighted by Crippen LogP contribution is -2.15. The van der Waals surface area contributed by atoms with Gasteiger partial charge < -0.3 is 21.1 Å². The van der Waals surface area contributed by atoms with Crippen LogP contribution in [0.25, 0.3) is 0 Å². The molecule has 1 unspecified atom stereocenters. The lowest BCUT2D eigenvalue weighted by atomic mass is 10.1. The van der Waals surface area contributed by atoms with E-state index in [1.807, 2.05) is 0 Å². The van der Waals surface area contributed by atoms with Gasteiger partial charge in [0.1, 0.15) is 0 Å². The van der Waals surface area contributed by atoms with Crippen molar-refractivity contribution in [3.63, 3.8) is 0 Å². The number of benzene rings is 1. The fourth-order valence-corrected chi connectivity index (χ4v) is 0.955. The summed E-state index contributed by atoms with van der Waals surface area (Å²) in [5.41, 5.74) is 5.30. The van der Waals surface area contributed by atoms with Gasteiger partial charge in [-0.2, -0.15) is 0 Å². The molecule has 1 aromatic carbocycles. The maximum Gasteiger partial charge on any atom is 0.194 e. The fraction of sp³-hybridized carbons (Fsp3) is 0.250. The smallest absolute Gasteiger partial charge is 0.194 e. The van der Waals surface area contributed by atoms with Crippen LogP contribution in [0.3, 0.4) is 0 Å². The summed E-state index contributed by atoms with van der Waals surface area (Å²) in [5.74, 6) is -2.39. The zero-order valence-corrected chi connectivity index (χ0v) is 6.74. The predicted octanol–water partition coefficient (Wildman–Crippen LogP) is 0.229. The summed E-state index contributed by atoms with van der Waals surface area (Å²) in [4.78, 5) is 0. The van der Waals surface area contributed by atoms with Crippen molar-refractivity contribution >= 4 is 0 Å². The molecule has 72 valence electrons. The lowest BCUT2D eigenvalue weighted by Gasteiger charge is -2.10. The molecular weight excluding hydrogens is 177 g/mol. The van der Waals surface area contributed by atoms with Crippen molar-refractivity contribution in [2.75, 3.05) is 6.61 Å². The van der Waals surface area contributed by atoms with Gasteiger partial charge in [-0.1, -0.05) is 6.07 Å². The van der Waals surface area contributed by atoms with Gasteiger partial charge in [0.05, 0.1) is 12.6 Å². The summed E-state index contributed by atoms with van der Waals surface area (Å²) in [7, 11) is 0. The van der Waals surface area contributed by atoms with Gasteiger partial charge in [-0.05, 0) is 6.07 Å². The van der Waals surface area contributed by atoms with Gasteiger partial charge in [-0.15, -0.1) is 0 Å². The summed E-state index contributed by atoms with van der Waals surface area (Å²) in [5, 5.41) is 26.5. The lowest BCUT2D eigenvalue weighted by molar-refractivity contribution is 0.264. The van der Waals surface area contributed by atoms with Crippen LogP contribution in [0.2, 0.25) is 0 Å². The Bertz CT molecular complexity index is 317. The average Bonchev–Trinajstić information content (AvgIpc) is 2.13. The van der Waals surface area contributed by atoms with E-state index in [9.17, 15) is 4.39 Å². The average molecular weight is 187 g/mol. The first-order chi connectivity index (χ1) is 6.07. The molecule has 0 saturated carbocycles. The van der Waals surface area contributed by atoms with E-state index in [0.717, 1.165) is 6.07 Å². The van der Waals surface area contributed by atoms with Crippen LogP contribution < -0.4 is 5.73 Å². The highest BCUT2D eigenvalue weighted by atomic mass is 19.1. The number of phenolic OH excluding ortho intramolecular Hbond substituents is 2. The summed E-state index contributed by atoms with van der Waals surface area (Å²) < 4.78 is 13.1. The number of aromatic hydroxyl groups is 2. The van der Waals surface area contributed by atoms with E-state index in [-0.39, 0.29) is 5.56 Å². The molecule has 0 amide bonds. The van der Waals surface area contributed by atoms with Crippen molar-refractivity contribution in [1.82, 2.24) is 0 Å². The Morgan fingerprint density at radius 2 is 2.00 bits per heavy atom. The Balaban J connectivity index is 3.18. The molecule has 0 bridgehead atoms. The molecular formula is C8H10FNO3. The number of hydrogen-bond acceptors (Lipinski definition) is 4. The SMILES string of the molecule is NC(CO)c1ccc(O)c(O)c1F. The predicted molar refractivity (Wildman–Crippen MR) is 43.7 cm³/mol. The zero-order chi connectivity index (χ0) is 10.0. The van der Waals surface area contributed by atoms with Crippen LogP contribution >= 0.6 is 0 Å². The van der Waals surface area contributed by atoms with Gasteiger partial charge in [0.25, 0.3) is 0 Å². The number of halogens is 1. The molecule has 4 nitrogen and oxygen atoms in total. The summed E-state index contributed by atoms with van der Waals surface area (Å²) in [6, 6.07) is 1.43. The standard InChI is InChI=1S/C8H10FNO3/c9-7-4(5(10)3-11)1-2-6(12)8(7)13/h1-2,5,11-13H,3,10H2. The first-order valence-electron chi connectivity index (χ1n) is 3.64. The van der Waals surface area contributed by atoms with Gasteiger partial charge in [-0.3, -0.25) is 0 Å². The molecule has 0 fully saturated rings. The highest BCUT2D eigenvalue weighted by Gasteiger charge is 2.16. The molecule has 13 heavy (non-hydrogen) atoms. The van der Waals surface area contributed by atoms with Gasteiger partial charge in [0, 0.05) is 5.56 Å². The topological polar surface area (TPSA) is 86.7 Å². The quantitative estimate of drug-likeness (QED) is 0.499. The summed E-state index contributed by atoms with van der Waals surface area (Å²) in [6.45, 7) is -0.429. The number of aliphatic hydroxyl groups is 1. The van der Waals surface area contributed by atoms with E-state index in [4.69, 9.17) is 21.1 Å². The fourth-order valence-electron chi connectivity index (χ4n) is 0.955. The van der Waals surface area contributed by atoms with Crippen molar-refractivity contribution in [2.45, 2.75) is 6.04 Å². The van der Waals surface area contributed by atoms with Gasteiger partial charge in [0.15, 0.2) is 17.3 Å². The van der Waals surface area contributed by atoms with Crippen molar-refractivity contribution in [1.29, 1.82) is 0 Å². The molecule has 5 heteroatoms. The van der Waals surface area contributed by atoms with Crippen molar-refractivity contribution in [2.24, 2.45) is 5.73 Å². The number of hydrogen-bond donors (Lipinski definition) is 4. The summed E-state index contributed by atoms with van der Waals surface area (Å²) in [6.07, 6.45) is 0. The minimum absolute atomic E-state index is 0.0298. The third-order valence-electron chi connectivity index (χ3n) is 1.72. The molecule has 1 atom stereocenters. The van der Waals surface area contributed by atoms with E-state index >= 15 is 0 Å². The minimum Gasteiger partial charge on any atom is -0.504 e. The Kier molecular flexibility index (Phi) is 2.69. The van der Waals surface area contributed by atoms with Crippen LogP contribution in [0, 0.1) is 5.82 Å². The molecule has 0 heterocycles. The highest BCUT2D eigenvalue weighted by Crippen LogP contribution is 2.31. The number of nitrogens with two attached hydrogens (primary N) is 1. The number of phenols is 2. The van der Waals surface area contributed by atoms with Crippen LogP contribution in [0.4, 0.5) is 4.39 Å². The molecule has 1 rings (SSSR count). The van der Waals surface area contributed by atoms with E-state index in [0.29, 0.717) is 0 Å². The Hall–Kier alpha value is -1.33. The summed E-state index contributed by atoms with van der Waals surface area (Å²) >= 11 is 0. The molecule has 1 aromatic rings. The second kappa shape index (κ2) is 3.59. The monoisotopic (exact) mass is 187 g/mol. The van der Waals surface area contributed by atoms with E-state index in [1.165, 1.54) is 6.07 Å². The largest absolute Gasteiger partial charge is 0.504 e. The number of rotatable bonds is 2. The van der Waals surface area contributed by atoms with E-state index in [2.05, 4.69) is 0 Å². The molecule has 0 aliphatic carbocycles. The van der Waals surface area contributed by atoms with Crippen LogP contribution in [-0.2, 0) is 0 Å². The van der Waals surface area contributed by atoms with E-state index in [1.54, 1.807) is 0 Å². The maximum absolute atomic E-state index is 13.1. The van der Waals surface area contributed by atoms with Crippen molar-refractivity contribution in [3.8, 4) is 11.5 Å². The molecule has 0 saturated heterocycles. The minimum atomic E-state index is -0.999. The Morgan fingerprint density at radius 1 is 1.38 bits per heavy atom.